The summed E-state index contributed by atoms with van der Waals surface area (Å²) in [5.41, 5.74) is 4.58. The molecule has 7 nitrogen and oxygen atoms in total. The number of rotatable bonds is 11. The lowest BCUT2D eigenvalue weighted by atomic mass is 9.99. The van der Waals surface area contributed by atoms with Gasteiger partial charge in [-0.2, -0.15) is 0 Å². The number of amides is 1. The van der Waals surface area contributed by atoms with Gasteiger partial charge in [0, 0.05) is 0 Å². The van der Waals surface area contributed by atoms with Gasteiger partial charge in [0.1, 0.15) is 18.1 Å². The van der Waals surface area contributed by atoms with E-state index in [-0.39, 0.29) is 25.0 Å². The normalized spacial score (nSPS) is 11.5. The minimum atomic E-state index is -0.473. The molecule has 0 aliphatic heterocycles. The van der Waals surface area contributed by atoms with Crippen molar-refractivity contribution < 1.29 is 23.6 Å². The van der Waals surface area contributed by atoms with Crippen molar-refractivity contribution in [3.05, 3.63) is 119 Å². The lowest BCUT2D eigenvalue weighted by molar-refractivity contribution is -0.148. The maximum atomic E-state index is 12.6. The highest BCUT2D eigenvalue weighted by Crippen LogP contribution is 2.19. The maximum absolute atomic E-state index is 12.6. The van der Waals surface area contributed by atoms with E-state index < -0.39 is 5.97 Å². The minimum absolute atomic E-state index is 0.0591. The maximum Gasteiger partial charge on any atom is 0.310 e. The SMILES string of the molecule is Cc1noc(C)c1COc1ccc(CC(=O)OCC(=O)NC(Cc2ccccc2)c2ccccc2)cc1. The van der Waals surface area contributed by atoms with Crippen molar-refractivity contribution in [3.8, 4) is 5.75 Å². The molecule has 0 saturated heterocycles. The molecular weight excluding hydrogens is 468 g/mol. The summed E-state index contributed by atoms with van der Waals surface area (Å²) in [4.78, 5) is 25.0. The Morgan fingerprint density at radius 2 is 1.57 bits per heavy atom. The molecule has 0 saturated carbocycles. The van der Waals surface area contributed by atoms with Gasteiger partial charge in [0.25, 0.3) is 5.91 Å². The van der Waals surface area contributed by atoms with Gasteiger partial charge in [0.05, 0.1) is 23.7 Å². The molecule has 0 spiro atoms. The molecule has 1 N–H and O–H groups in total. The predicted molar refractivity (Wildman–Crippen MR) is 139 cm³/mol. The summed E-state index contributed by atoms with van der Waals surface area (Å²) < 4.78 is 16.2. The van der Waals surface area contributed by atoms with Crippen molar-refractivity contribution in [2.24, 2.45) is 0 Å². The number of aryl methyl sites for hydroxylation is 2. The molecule has 7 heteroatoms. The van der Waals surface area contributed by atoms with Gasteiger partial charge in [-0.3, -0.25) is 9.59 Å². The zero-order valence-corrected chi connectivity index (χ0v) is 21.0. The van der Waals surface area contributed by atoms with E-state index in [0.717, 1.165) is 33.7 Å². The van der Waals surface area contributed by atoms with Gasteiger partial charge in [-0.15, -0.1) is 0 Å². The Morgan fingerprint density at radius 3 is 2.22 bits per heavy atom. The van der Waals surface area contributed by atoms with Crippen molar-refractivity contribution in [1.29, 1.82) is 0 Å². The number of nitrogens with one attached hydrogen (secondary N) is 1. The number of hydrogen-bond acceptors (Lipinski definition) is 6. The highest BCUT2D eigenvalue weighted by Gasteiger charge is 2.17. The first-order chi connectivity index (χ1) is 18.0. The molecule has 3 aromatic carbocycles. The van der Waals surface area contributed by atoms with Gasteiger partial charge in [0.15, 0.2) is 6.61 Å². The quantitative estimate of drug-likeness (QED) is 0.291. The summed E-state index contributed by atoms with van der Waals surface area (Å²) in [6.07, 6.45) is 0.693. The van der Waals surface area contributed by atoms with Gasteiger partial charge in [-0.05, 0) is 49.1 Å². The molecule has 0 aliphatic carbocycles. The van der Waals surface area contributed by atoms with Crippen LogP contribution >= 0.6 is 0 Å². The Morgan fingerprint density at radius 1 is 0.892 bits per heavy atom. The number of hydrogen-bond donors (Lipinski definition) is 1. The van der Waals surface area contributed by atoms with E-state index in [9.17, 15) is 9.59 Å². The van der Waals surface area contributed by atoms with E-state index in [0.29, 0.717) is 18.8 Å². The fourth-order valence-corrected chi connectivity index (χ4v) is 3.95. The van der Waals surface area contributed by atoms with E-state index in [1.54, 1.807) is 24.3 Å². The number of esters is 1. The molecule has 4 rings (SSSR count). The average molecular weight is 499 g/mol. The second kappa shape index (κ2) is 12.5. The second-order valence-corrected chi connectivity index (χ2v) is 8.79. The van der Waals surface area contributed by atoms with Gasteiger partial charge in [-0.25, -0.2) is 0 Å². The zero-order valence-electron chi connectivity index (χ0n) is 21.0. The Hall–Kier alpha value is -4.39. The zero-order chi connectivity index (χ0) is 26.0. The van der Waals surface area contributed by atoms with Crippen LogP contribution in [0.15, 0.2) is 89.5 Å². The molecule has 0 radical (unpaired) electrons. The molecule has 37 heavy (non-hydrogen) atoms. The average Bonchev–Trinajstić information content (AvgIpc) is 3.24. The van der Waals surface area contributed by atoms with Crippen LogP contribution in [0, 0.1) is 13.8 Å². The van der Waals surface area contributed by atoms with Gasteiger partial charge in [-0.1, -0.05) is 78.0 Å². The molecule has 0 bridgehead atoms. The van der Waals surface area contributed by atoms with Crippen molar-refractivity contribution in [3.63, 3.8) is 0 Å². The van der Waals surface area contributed by atoms with Gasteiger partial charge < -0.3 is 19.3 Å². The fourth-order valence-electron chi connectivity index (χ4n) is 3.95. The molecule has 4 aromatic rings. The Balaban J connectivity index is 1.26. The van der Waals surface area contributed by atoms with Crippen molar-refractivity contribution in [1.82, 2.24) is 10.5 Å². The molecule has 0 aliphatic rings. The summed E-state index contributed by atoms with van der Waals surface area (Å²) in [6, 6.07) is 26.7. The van der Waals surface area contributed by atoms with E-state index in [1.165, 1.54) is 0 Å². The van der Waals surface area contributed by atoms with Crippen molar-refractivity contribution >= 4 is 11.9 Å². The molecule has 0 fully saturated rings. The lowest BCUT2D eigenvalue weighted by Crippen LogP contribution is -2.33. The number of benzene rings is 3. The van der Waals surface area contributed by atoms with E-state index in [1.807, 2.05) is 74.5 Å². The first-order valence-corrected chi connectivity index (χ1v) is 12.2. The highest BCUT2D eigenvalue weighted by molar-refractivity contribution is 5.81. The van der Waals surface area contributed by atoms with Gasteiger partial charge in [0.2, 0.25) is 0 Å². The molecule has 1 atom stereocenters. The highest BCUT2D eigenvalue weighted by atomic mass is 16.5. The smallest absolute Gasteiger partial charge is 0.310 e. The van der Waals surface area contributed by atoms with E-state index in [2.05, 4.69) is 10.5 Å². The number of nitrogens with zero attached hydrogens (tertiary/aromatic N) is 1. The molecule has 1 unspecified atom stereocenters. The third kappa shape index (κ3) is 7.54. The standard InChI is InChI=1S/C30H30N2O5/c1-21-27(22(2)37-32-21)19-35-26-15-13-24(14-16-26)18-30(34)36-20-29(33)31-28(25-11-7-4-8-12-25)17-23-9-5-3-6-10-23/h3-16,28H,17-20H2,1-2H3,(H,31,33). The molecule has 190 valence electrons. The minimum Gasteiger partial charge on any atom is -0.489 e. The van der Waals surface area contributed by atoms with E-state index in [4.69, 9.17) is 14.0 Å². The van der Waals surface area contributed by atoms with Crippen LogP contribution in [-0.2, 0) is 33.8 Å². The van der Waals surface area contributed by atoms with Crippen LogP contribution in [0.5, 0.6) is 5.75 Å². The topological polar surface area (TPSA) is 90.7 Å². The number of ether oxygens (including phenoxy) is 2. The summed E-state index contributed by atoms with van der Waals surface area (Å²) in [7, 11) is 0. The lowest BCUT2D eigenvalue weighted by Gasteiger charge is -2.19. The monoisotopic (exact) mass is 498 g/mol. The summed E-state index contributed by atoms with van der Waals surface area (Å²) in [6.45, 7) is 3.73. The van der Waals surface area contributed by atoms with E-state index >= 15 is 0 Å². The van der Waals surface area contributed by atoms with Crippen LogP contribution in [0.3, 0.4) is 0 Å². The summed E-state index contributed by atoms with van der Waals surface area (Å²) in [5, 5.41) is 6.92. The summed E-state index contributed by atoms with van der Waals surface area (Å²) in [5.74, 6) is 0.581. The molecule has 1 aromatic heterocycles. The predicted octanol–water partition coefficient (Wildman–Crippen LogP) is 5.06. The Bertz CT molecular complexity index is 1280. The third-order valence-corrected chi connectivity index (χ3v) is 6.02. The fraction of sp³-hybridized carbons (Fsp3) is 0.233. The first kappa shape index (κ1) is 25.7. The Labute approximate surface area is 216 Å². The number of aromatic nitrogens is 1. The molecule has 1 amide bonds. The molecular formula is C30H30N2O5. The van der Waals surface area contributed by atoms with Crippen molar-refractivity contribution in [2.75, 3.05) is 6.61 Å². The van der Waals surface area contributed by atoms with Gasteiger partial charge >= 0.3 is 5.97 Å². The Kier molecular flexibility index (Phi) is 8.70. The van der Waals surface area contributed by atoms with Crippen LogP contribution < -0.4 is 10.1 Å². The first-order valence-electron chi connectivity index (χ1n) is 12.2. The number of carbonyl (C=O) groups excluding carboxylic acids is 2. The molecule has 1 heterocycles. The van der Waals surface area contributed by atoms with Crippen LogP contribution in [0.4, 0.5) is 0 Å². The summed E-state index contributed by atoms with van der Waals surface area (Å²) >= 11 is 0. The number of carbonyl (C=O) groups is 2. The van der Waals surface area contributed by atoms with Crippen molar-refractivity contribution in [2.45, 2.75) is 39.3 Å². The largest absolute Gasteiger partial charge is 0.489 e. The van der Waals surface area contributed by atoms with Crippen LogP contribution in [0.1, 0.15) is 39.7 Å². The second-order valence-electron chi connectivity index (χ2n) is 8.79. The third-order valence-electron chi connectivity index (χ3n) is 6.02. The van der Waals surface area contributed by atoms with Crippen LogP contribution in [-0.4, -0.2) is 23.6 Å². The van der Waals surface area contributed by atoms with Crippen LogP contribution in [0.2, 0.25) is 0 Å². The van der Waals surface area contributed by atoms with Crippen LogP contribution in [0.25, 0.3) is 0 Å².